The molecular weight excluding hydrogens is 447 g/mol. The lowest BCUT2D eigenvalue weighted by Gasteiger charge is -2.16. The molecule has 10 heteroatoms. The van der Waals surface area contributed by atoms with Crippen molar-refractivity contribution in [2.45, 2.75) is 18.6 Å². The van der Waals surface area contributed by atoms with Crippen molar-refractivity contribution in [1.82, 2.24) is 0 Å². The molecule has 0 spiro atoms. The van der Waals surface area contributed by atoms with Crippen LogP contribution in [0.5, 0.6) is 5.75 Å². The molecule has 0 bridgehead atoms. The molecule has 30 heavy (non-hydrogen) atoms. The molecule has 7 nitrogen and oxygen atoms in total. The van der Waals surface area contributed by atoms with Crippen LogP contribution < -0.4 is 15.4 Å². The van der Waals surface area contributed by atoms with Crippen molar-refractivity contribution in [3.05, 3.63) is 58.1 Å². The maximum Gasteiger partial charge on any atom is 0.247 e. The fraction of sp³-hybridized carbons (Fsp3) is 0.200. The number of rotatable bonds is 5. The van der Waals surface area contributed by atoms with E-state index in [-0.39, 0.29) is 28.2 Å². The van der Waals surface area contributed by atoms with Crippen LogP contribution in [0.4, 0.5) is 5.69 Å². The third-order valence-electron chi connectivity index (χ3n) is 4.32. The van der Waals surface area contributed by atoms with Crippen LogP contribution in [-0.4, -0.2) is 35.1 Å². The fourth-order valence-corrected chi connectivity index (χ4v) is 3.97. The summed E-state index contributed by atoms with van der Waals surface area (Å²) in [4.78, 5) is 26.2. The van der Waals surface area contributed by atoms with Gasteiger partial charge in [-0.15, -0.1) is 5.10 Å². The zero-order chi connectivity index (χ0) is 21.8. The summed E-state index contributed by atoms with van der Waals surface area (Å²) in [7, 11) is 1.59. The van der Waals surface area contributed by atoms with E-state index in [1.54, 1.807) is 20.1 Å². The predicted molar refractivity (Wildman–Crippen MR) is 122 cm³/mol. The van der Waals surface area contributed by atoms with Crippen molar-refractivity contribution in [2.24, 2.45) is 15.9 Å². The number of methoxy groups -OCH3 is 1. The molecule has 0 radical (unpaired) electrons. The van der Waals surface area contributed by atoms with Gasteiger partial charge in [-0.25, -0.2) is 4.90 Å². The molecule has 3 rings (SSSR count). The topological polar surface area (TPSA) is 97.3 Å². The number of amidine groups is 1. The Hall–Kier alpha value is -2.55. The van der Waals surface area contributed by atoms with E-state index in [9.17, 15) is 9.59 Å². The normalized spacial score (nSPS) is 17.6. The van der Waals surface area contributed by atoms with Crippen LogP contribution in [0.1, 0.15) is 18.9 Å². The molecule has 1 aliphatic rings. The number of ether oxygens (including phenoxy) is 1. The fourth-order valence-electron chi connectivity index (χ4n) is 2.79. The van der Waals surface area contributed by atoms with E-state index >= 15 is 0 Å². The molecule has 156 valence electrons. The van der Waals surface area contributed by atoms with Gasteiger partial charge in [0.05, 0.1) is 23.5 Å². The molecular formula is C20H18Cl2N4O3S. The summed E-state index contributed by atoms with van der Waals surface area (Å²) in [6.45, 7) is 1.79. The smallest absolute Gasteiger partial charge is 0.247 e. The van der Waals surface area contributed by atoms with Gasteiger partial charge < -0.3 is 10.5 Å². The molecule has 0 saturated carbocycles. The van der Waals surface area contributed by atoms with E-state index in [1.165, 1.54) is 12.1 Å². The second kappa shape index (κ2) is 9.51. The Balaban J connectivity index is 1.71. The first-order valence-electron chi connectivity index (χ1n) is 8.80. The van der Waals surface area contributed by atoms with Gasteiger partial charge in [0.1, 0.15) is 11.0 Å². The van der Waals surface area contributed by atoms with Crippen LogP contribution in [0.3, 0.4) is 0 Å². The molecule has 0 aromatic heterocycles. The minimum absolute atomic E-state index is 0.0241. The SMILES string of the molecule is COc1ccc(/C(C)=N\N=C(N)S[C@H]2CC(=O)N(c3cc(Cl)ccc3Cl)C2=O)cc1. The van der Waals surface area contributed by atoms with Crippen LogP contribution in [0.2, 0.25) is 10.0 Å². The number of hydrogen-bond donors (Lipinski definition) is 1. The van der Waals surface area contributed by atoms with Gasteiger partial charge in [0.15, 0.2) is 5.17 Å². The molecule has 2 aromatic carbocycles. The number of amides is 2. The van der Waals surface area contributed by atoms with E-state index < -0.39 is 11.2 Å². The van der Waals surface area contributed by atoms with Crippen LogP contribution in [-0.2, 0) is 9.59 Å². The average Bonchev–Trinajstić information content (AvgIpc) is 3.01. The Labute approximate surface area is 187 Å². The third-order valence-corrected chi connectivity index (χ3v) is 5.85. The van der Waals surface area contributed by atoms with Crippen LogP contribution >= 0.6 is 35.0 Å². The number of nitrogens with zero attached hydrogens (tertiary/aromatic N) is 3. The number of carbonyl (C=O) groups excluding carboxylic acids is 2. The van der Waals surface area contributed by atoms with Gasteiger partial charge in [-0.2, -0.15) is 5.10 Å². The van der Waals surface area contributed by atoms with Gasteiger partial charge >= 0.3 is 0 Å². The maximum absolute atomic E-state index is 12.8. The number of benzene rings is 2. The second-order valence-corrected chi connectivity index (χ2v) is 8.39. The van der Waals surface area contributed by atoms with Crippen molar-refractivity contribution in [3.63, 3.8) is 0 Å². The number of nitrogens with two attached hydrogens (primary N) is 1. The van der Waals surface area contributed by atoms with E-state index in [2.05, 4.69) is 10.2 Å². The highest BCUT2D eigenvalue weighted by Crippen LogP contribution is 2.35. The van der Waals surface area contributed by atoms with Crippen molar-refractivity contribution < 1.29 is 14.3 Å². The average molecular weight is 465 g/mol. The zero-order valence-corrected chi connectivity index (χ0v) is 18.5. The van der Waals surface area contributed by atoms with Crippen LogP contribution in [0, 0.1) is 0 Å². The Morgan fingerprint density at radius 3 is 2.53 bits per heavy atom. The Bertz CT molecular complexity index is 1040. The highest BCUT2D eigenvalue weighted by molar-refractivity contribution is 8.14. The summed E-state index contributed by atoms with van der Waals surface area (Å²) in [6, 6.07) is 11.9. The van der Waals surface area contributed by atoms with Gasteiger partial charge in [0.25, 0.3) is 0 Å². The molecule has 2 amide bonds. The molecule has 1 fully saturated rings. The molecule has 1 saturated heterocycles. The largest absolute Gasteiger partial charge is 0.497 e. The number of thioether (sulfide) groups is 1. The molecule has 1 heterocycles. The highest BCUT2D eigenvalue weighted by Gasteiger charge is 2.41. The first kappa shape index (κ1) is 22.1. The second-order valence-electron chi connectivity index (χ2n) is 6.33. The summed E-state index contributed by atoms with van der Waals surface area (Å²) < 4.78 is 5.12. The highest BCUT2D eigenvalue weighted by atomic mass is 35.5. The number of carbonyl (C=O) groups is 2. The zero-order valence-electron chi connectivity index (χ0n) is 16.1. The van der Waals surface area contributed by atoms with Gasteiger partial charge in [-0.3, -0.25) is 9.59 Å². The van der Waals surface area contributed by atoms with E-state index in [4.69, 9.17) is 33.7 Å². The van der Waals surface area contributed by atoms with Gasteiger partial charge in [0, 0.05) is 11.4 Å². The molecule has 0 unspecified atom stereocenters. The summed E-state index contributed by atoms with van der Waals surface area (Å²) in [5, 5.41) is 8.08. The van der Waals surface area contributed by atoms with Crippen LogP contribution in [0.15, 0.2) is 52.7 Å². The lowest BCUT2D eigenvalue weighted by Crippen LogP contribution is -2.32. The quantitative estimate of drug-likeness (QED) is 0.310. The lowest BCUT2D eigenvalue weighted by atomic mass is 10.1. The summed E-state index contributed by atoms with van der Waals surface area (Å²) in [5.74, 6) is -0.0746. The minimum Gasteiger partial charge on any atom is -0.497 e. The summed E-state index contributed by atoms with van der Waals surface area (Å²) >= 11 is 13.1. The Morgan fingerprint density at radius 1 is 1.17 bits per heavy atom. The van der Waals surface area contributed by atoms with Crippen molar-refractivity contribution in [1.29, 1.82) is 0 Å². The number of hydrogen-bond acceptors (Lipinski definition) is 6. The van der Waals surface area contributed by atoms with Gasteiger partial charge in [0.2, 0.25) is 11.8 Å². The minimum atomic E-state index is -0.715. The predicted octanol–water partition coefficient (Wildman–Crippen LogP) is 4.11. The lowest BCUT2D eigenvalue weighted by molar-refractivity contribution is -0.121. The number of halogens is 2. The number of imide groups is 1. The van der Waals surface area contributed by atoms with E-state index in [1.807, 2.05) is 24.3 Å². The number of anilines is 1. The molecule has 2 aromatic rings. The Kier molecular flexibility index (Phi) is 7.02. The first-order valence-corrected chi connectivity index (χ1v) is 10.4. The van der Waals surface area contributed by atoms with Crippen molar-refractivity contribution in [2.75, 3.05) is 12.0 Å². The standard InChI is InChI=1S/C20H18Cl2N4O3S/c1-11(12-3-6-14(29-2)7-4-12)24-25-20(23)30-17-10-18(27)26(19(17)28)16-9-13(21)5-8-15(16)22/h3-9,17H,10H2,1-2H3,(H2,23,25)/b24-11-/t17-/m0/s1. The van der Waals surface area contributed by atoms with Crippen molar-refractivity contribution >= 4 is 63.3 Å². The summed E-state index contributed by atoms with van der Waals surface area (Å²) in [5.41, 5.74) is 7.68. The first-order chi connectivity index (χ1) is 14.3. The molecule has 0 aliphatic carbocycles. The van der Waals surface area contributed by atoms with Crippen molar-refractivity contribution in [3.8, 4) is 5.75 Å². The molecule has 2 N–H and O–H groups in total. The van der Waals surface area contributed by atoms with Gasteiger partial charge in [-0.05, 0) is 55.0 Å². The monoisotopic (exact) mass is 464 g/mol. The van der Waals surface area contributed by atoms with E-state index in [0.29, 0.717) is 10.7 Å². The Morgan fingerprint density at radius 2 is 1.87 bits per heavy atom. The maximum atomic E-state index is 12.8. The summed E-state index contributed by atoms with van der Waals surface area (Å²) in [6.07, 6.45) is -0.0241. The van der Waals surface area contributed by atoms with Crippen LogP contribution in [0.25, 0.3) is 0 Å². The molecule has 1 atom stereocenters. The third kappa shape index (κ3) is 4.95. The molecule has 1 aliphatic heterocycles. The van der Waals surface area contributed by atoms with E-state index in [0.717, 1.165) is 28.0 Å². The van der Waals surface area contributed by atoms with Gasteiger partial charge in [-0.1, -0.05) is 35.0 Å².